The molecule has 1 aliphatic carbocycles. The van der Waals surface area contributed by atoms with Gasteiger partial charge in [-0.15, -0.1) is 0 Å². The lowest BCUT2D eigenvalue weighted by Crippen LogP contribution is -2.38. The lowest BCUT2D eigenvalue weighted by molar-refractivity contribution is 0.259. The summed E-state index contributed by atoms with van der Waals surface area (Å²) in [5.41, 5.74) is 7.68. The van der Waals surface area contributed by atoms with Crippen molar-refractivity contribution in [2.75, 3.05) is 13.1 Å². The highest BCUT2D eigenvalue weighted by Crippen LogP contribution is 2.35. The first-order chi connectivity index (χ1) is 8.33. The van der Waals surface area contributed by atoms with Crippen LogP contribution < -0.4 is 5.73 Å². The van der Waals surface area contributed by atoms with E-state index < -0.39 is 0 Å². The maximum atomic E-state index is 6.25. The second kappa shape index (κ2) is 4.79. The zero-order valence-electron chi connectivity index (χ0n) is 10.4. The first-order valence-corrected chi connectivity index (χ1v) is 6.85. The van der Waals surface area contributed by atoms with E-state index in [0.717, 1.165) is 18.4 Å². The highest BCUT2D eigenvalue weighted by atomic mass is 15.2. The third kappa shape index (κ3) is 2.38. The highest BCUT2D eigenvalue weighted by molar-refractivity contribution is 5.14. The van der Waals surface area contributed by atoms with Gasteiger partial charge in [0.25, 0.3) is 0 Å². The Labute approximate surface area is 104 Å². The predicted molar refractivity (Wildman–Crippen MR) is 70.5 cm³/mol. The summed E-state index contributed by atoms with van der Waals surface area (Å²) in [6, 6.07) is 11.2. The van der Waals surface area contributed by atoms with E-state index in [0.29, 0.717) is 6.04 Å². The van der Waals surface area contributed by atoms with Gasteiger partial charge in [0.15, 0.2) is 0 Å². The molecule has 1 saturated carbocycles. The molecule has 0 amide bonds. The molecular formula is C15H22N2. The van der Waals surface area contributed by atoms with E-state index in [4.69, 9.17) is 5.73 Å². The Bertz CT molecular complexity index is 362. The maximum absolute atomic E-state index is 6.25. The van der Waals surface area contributed by atoms with Gasteiger partial charge < -0.3 is 5.73 Å². The summed E-state index contributed by atoms with van der Waals surface area (Å²) in [6.07, 6.45) is 3.96. The van der Waals surface area contributed by atoms with Gasteiger partial charge in [-0.3, -0.25) is 4.90 Å². The summed E-state index contributed by atoms with van der Waals surface area (Å²) >= 11 is 0. The van der Waals surface area contributed by atoms with E-state index >= 15 is 0 Å². The van der Waals surface area contributed by atoms with Crippen molar-refractivity contribution in [3.8, 4) is 0 Å². The number of nitrogens with two attached hydrogens (primary N) is 1. The van der Waals surface area contributed by atoms with Crippen LogP contribution in [0.4, 0.5) is 0 Å². The Morgan fingerprint density at radius 1 is 1.12 bits per heavy atom. The van der Waals surface area contributed by atoms with Crippen molar-refractivity contribution in [2.45, 2.75) is 31.8 Å². The van der Waals surface area contributed by atoms with Crippen LogP contribution in [-0.2, 0) is 6.54 Å². The Morgan fingerprint density at radius 3 is 2.71 bits per heavy atom. The minimum absolute atomic E-state index is 0.453. The molecule has 1 saturated heterocycles. The topological polar surface area (TPSA) is 29.3 Å². The van der Waals surface area contributed by atoms with E-state index in [1.807, 2.05) is 0 Å². The third-order valence-electron chi connectivity index (χ3n) is 4.48. The standard InChI is InChI=1S/C15H22N2/c16-15-8-4-7-13-10-17(11-14(13)15)9-12-5-2-1-3-6-12/h1-3,5-6,13-15H,4,7-11,16H2/t13-,14+,15-/m0/s1. The van der Waals surface area contributed by atoms with Crippen molar-refractivity contribution in [3.63, 3.8) is 0 Å². The SMILES string of the molecule is N[C@H]1CCC[C@H]2CN(Cc3ccccc3)C[C@H]21. The van der Waals surface area contributed by atoms with Gasteiger partial charge in [0.1, 0.15) is 0 Å². The van der Waals surface area contributed by atoms with Crippen LogP contribution in [-0.4, -0.2) is 24.0 Å². The molecule has 1 aliphatic heterocycles. The first-order valence-electron chi connectivity index (χ1n) is 6.85. The average molecular weight is 230 g/mol. The Morgan fingerprint density at radius 2 is 1.94 bits per heavy atom. The lowest BCUT2D eigenvalue weighted by atomic mass is 9.78. The largest absolute Gasteiger partial charge is 0.327 e. The molecule has 0 bridgehead atoms. The van der Waals surface area contributed by atoms with Crippen LogP contribution in [0.2, 0.25) is 0 Å². The zero-order valence-corrected chi connectivity index (χ0v) is 10.4. The van der Waals surface area contributed by atoms with E-state index in [1.165, 1.54) is 37.9 Å². The molecule has 0 unspecified atom stereocenters. The minimum Gasteiger partial charge on any atom is -0.327 e. The zero-order chi connectivity index (χ0) is 11.7. The van der Waals surface area contributed by atoms with Gasteiger partial charge in [-0.25, -0.2) is 0 Å². The van der Waals surface area contributed by atoms with Crippen LogP contribution in [0.25, 0.3) is 0 Å². The van der Waals surface area contributed by atoms with Gasteiger partial charge in [0, 0.05) is 25.7 Å². The van der Waals surface area contributed by atoms with E-state index in [2.05, 4.69) is 35.2 Å². The molecule has 1 aromatic rings. The molecule has 1 aromatic carbocycles. The summed E-state index contributed by atoms with van der Waals surface area (Å²) in [5.74, 6) is 1.62. The van der Waals surface area contributed by atoms with Gasteiger partial charge in [-0.2, -0.15) is 0 Å². The van der Waals surface area contributed by atoms with Gasteiger partial charge in [-0.05, 0) is 30.2 Å². The van der Waals surface area contributed by atoms with Crippen molar-refractivity contribution < 1.29 is 0 Å². The molecule has 2 fully saturated rings. The van der Waals surface area contributed by atoms with Crippen molar-refractivity contribution in [3.05, 3.63) is 35.9 Å². The molecule has 1 heterocycles. The Balaban J connectivity index is 1.64. The molecule has 2 N–H and O–H groups in total. The fraction of sp³-hybridized carbons (Fsp3) is 0.600. The molecule has 3 atom stereocenters. The van der Waals surface area contributed by atoms with Crippen LogP contribution in [0.15, 0.2) is 30.3 Å². The van der Waals surface area contributed by atoms with Crippen LogP contribution >= 0.6 is 0 Å². The number of nitrogens with zero attached hydrogens (tertiary/aromatic N) is 1. The molecule has 0 aromatic heterocycles. The summed E-state index contributed by atoms with van der Waals surface area (Å²) in [6.45, 7) is 3.56. The van der Waals surface area contributed by atoms with E-state index in [9.17, 15) is 0 Å². The fourth-order valence-corrected chi connectivity index (χ4v) is 3.58. The molecule has 2 nitrogen and oxygen atoms in total. The Hall–Kier alpha value is -0.860. The minimum atomic E-state index is 0.453. The number of fused-ring (bicyclic) bond motifs is 1. The van der Waals surface area contributed by atoms with Gasteiger partial charge in [0.2, 0.25) is 0 Å². The number of benzene rings is 1. The molecule has 2 aliphatic rings. The first kappa shape index (κ1) is 11.2. The van der Waals surface area contributed by atoms with Crippen LogP contribution in [0, 0.1) is 11.8 Å². The summed E-state index contributed by atoms with van der Waals surface area (Å²) in [4.78, 5) is 2.59. The molecule has 0 radical (unpaired) electrons. The maximum Gasteiger partial charge on any atom is 0.0233 e. The second-order valence-electron chi connectivity index (χ2n) is 5.70. The monoisotopic (exact) mass is 230 g/mol. The van der Waals surface area contributed by atoms with Gasteiger partial charge >= 0.3 is 0 Å². The smallest absolute Gasteiger partial charge is 0.0233 e. The third-order valence-corrected chi connectivity index (χ3v) is 4.48. The van der Waals surface area contributed by atoms with Crippen LogP contribution in [0.5, 0.6) is 0 Å². The fourth-order valence-electron chi connectivity index (χ4n) is 3.58. The average Bonchev–Trinajstić information content (AvgIpc) is 2.74. The number of likely N-dealkylation sites (tertiary alicyclic amines) is 1. The molecule has 3 rings (SSSR count). The molecule has 17 heavy (non-hydrogen) atoms. The van der Waals surface area contributed by atoms with Crippen molar-refractivity contribution in [1.82, 2.24) is 4.90 Å². The van der Waals surface area contributed by atoms with Gasteiger partial charge in [-0.1, -0.05) is 36.8 Å². The summed E-state index contributed by atoms with van der Waals surface area (Å²) in [5, 5.41) is 0. The molecule has 2 heteroatoms. The van der Waals surface area contributed by atoms with Crippen LogP contribution in [0.1, 0.15) is 24.8 Å². The molecular weight excluding hydrogens is 208 g/mol. The molecule has 0 spiro atoms. The van der Waals surface area contributed by atoms with Crippen molar-refractivity contribution in [1.29, 1.82) is 0 Å². The van der Waals surface area contributed by atoms with Crippen molar-refractivity contribution in [2.24, 2.45) is 17.6 Å². The van der Waals surface area contributed by atoms with Crippen molar-refractivity contribution >= 4 is 0 Å². The quantitative estimate of drug-likeness (QED) is 0.844. The number of hydrogen-bond donors (Lipinski definition) is 1. The number of rotatable bonds is 2. The predicted octanol–water partition coefficient (Wildman–Crippen LogP) is 2.25. The van der Waals surface area contributed by atoms with Crippen LogP contribution in [0.3, 0.4) is 0 Å². The highest BCUT2D eigenvalue weighted by Gasteiger charge is 2.38. The van der Waals surface area contributed by atoms with E-state index in [-0.39, 0.29) is 0 Å². The van der Waals surface area contributed by atoms with Gasteiger partial charge in [0.05, 0.1) is 0 Å². The summed E-state index contributed by atoms with van der Waals surface area (Å²) in [7, 11) is 0. The second-order valence-corrected chi connectivity index (χ2v) is 5.70. The number of hydrogen-bond acceptors (Lipinski definition) is 2. The normalized spacial score (nSPS) is 33.6. The summed E-state index contributed by atoms with van der Waals surface area (Å²) < 4.78 is 0. The Kier molecular flexibility index (Phi) is 3.17. The van der Waals surface area contributed by atoms with E-state index in [1.54, 1.807) is 0 Å². The lowest BCUT2D eigenvalue weighted by Gasteiger charge is -2.29. The molecule has 92 valence electrons.